The first-order valence-corrected chi connectivity index (χ1v) is 10.9. The lowest BCUT2D eigenvalue weighted by atomic mass is 9.79. The molecule has 0 atom stereocenters. The molecule has 7 heteroatoms. The zero-order valence-corrected chi connectivity index (χ0v) is 18.6. The van der Waals surface area contributed by atoms with Gasteiger partial charge in [0.05, 0.1) is 7.11 Å². The molecule has 2 heterocycles. The van der Waals surface area contributed by atoms with E-state index in [1.54, 1.807) is 7.11 Å². The summed E-state index contributed by atoms with van der Waals surface area (Å²) < 4.78 is 22.0. The van der Waals surface area contributed by atoms with Crippen molar-refractivity contribution >= 4 is 16.9 Å². The minimum absolute atomic E-state index is 0.0952. The predicted molar refractivity (Wildman–Crippen MR) is 116 cm³/mol. The largest absolute Gasteiger partial charge is 0.497 e. The minimum Gasteiger partial charge on any atom is -0.497 e. The summed E-state index contributed by atoms with van der Waals surface area (Å²) >= 11 is 0. The maximum atomic E-state index is 12.1. The number of ether oxygens (including phenoxy) is 2. The number of methoxy groups -OCH3 is 1. The van der Waals surface area contributed by atoms with E-state index in [1.807, 2.05) is 45.0 Å². The van der Waals surface area contributed by atoms with Gasteiger partial charge in [-0.25, -0.2) is 0 Å². The minimum atomic E-state index is -0.420. The second kappa shape index (κ2) is 8.73. The van der Waals surface area contributed by atoms with Gasteiger partial charge in [-0.15, -0.1) is 0 Å². The van der Waals surface area contributed by atoms with Gasteiger partial charge in [0, 0.05) is 18.2 Å². The highest BCUT2D eigenvalue weighted by molar-refractivity contribution is 5.82. The van der Waals surface area contributed by atoms with Crippen LogP contribution >= 0.6 is 0 Å². The summed E-state index contributed by atoms with van der Waals surface area (Å²) in [6.07, 6.45) is 5.45. The van der Waals surface area contributed by atoms with E-state index in [2.05, 4.69) is 10.1 Å². The number of hydrogen-bond donors (Lipinski definition) is 0. The van der Waals surface area contributed by atoms with E-state index in [9.17, 15) is 4.79 Å². The molecule has 0 N–H and O–H groups in total. The third-order valence-electron chi connectivity index (χ3n) is 5.72. The molecule has 0 bridgehead atoms. The Balaban J connectivity index is 1.31. The van der Waals surface area contributed by atoms with Crippen LogP contribution in [0.15, 0.2) is 33.2 Å². The zero-order chi connectivity index (χ0) is 22.0. The van der Waals surface area contributed by atoms with E-state index in [-0.39, 0.29) is 5.97 Å². The SMILES string of the molecule is COc1ccc2oc(-c3nc(CC4CCC(CC(=O)OC(C)(C)C)CC4)no3)cc2c1. The molecule has 0 aliphatic heterocycles. The number of nitrogens with zero attached hydrogens (tertiary/aromatic N) is 2. The molecule has 0 amide bonds. The van der Waals surface area contributed by atoms with Crippen LogP contribution in [0.2, 0.25) is 0 Å². The Labute approximate surface area is 182 Å². The topological polar surface area (TPSA) is 87.6 Å². The van der Waals surface area contributed by atoms with Crippen molar-refractivity contribution in [3.63, 3.8) is 0 Å². The van der Waals surface area contributed by atoms with Gasteiger partial charge in [0.1, 0.15) is 16.9 Å². The van der Waals surface area contributed by atoms with Gasteiger partial charge in [0.2, 0.25) is 0 Å². The summed E-state index contributed by atoms with van der Waals surface area (Å²) in [5.74, 6) is 3.23. The molecule has 1 aliphatic carbocycles. The van der Waals surface area contributed by atoms with Crippen molar-refractivity contribution in [3.8, 4) is 17.4 Å². The van der Waals surface area contributed by atoms with Crippen molar-refractivity contribution in [1.82, 2.24) is 10.1 Å². The van der Waals surface area contributed by atoms with E-state index < -0.39 is 5.60 Å². The van der Waals surface area contributed by atoms with Gasteiger partial charge in [-0.3, -0.25) is 4.79 Å². The monoisotopic (exact) mass is 426 g/mol. The predicted octanol–water partition coefficient (Wildman–Crippen LogP) is 5.57. The Morgan fingerprint density at radius 2 is 1.87 bits per heavy atom. The van der Waals surface area contributed by atoms with Crippen molar-refractivity contribution in [2.45, 2.75) is 64.9 Å². The molecule has 31 heavy (non-hydrogen) atoms. The molecule has 4 rings (SSSR count). The Morgan fingerprint density at radius 1 is 1.13 bits per heavy atom. The number of furan rings is 1. The van der Waals surface area contributed by atoms with E-state index >= 15 is 0 Å². The van der Waals surface area contributed by atoms with E-state index in [0.29, 0.717) is 35.7 Å². The van der Waals surface area contributed by atoms with Gasteiger partial charge in [0.15, 0.2) is 11.6 Å². The van der Waals surface area contributed by atoms with E-state index in [1.165, 1.54) is 0 Å². The summed E-state index contributed by atoms with van der Waals surface area (Å²) in [4.78, 5) is 16.6. The Morgan fingerprint density at radius 3 is 2.58 bits per heavy atom. The van der Waals surface area contributed by atoms with E-state index in [4.69, 9.17) is 18.4 Å². The zero-order valence-electron chi connectivity index (χ0n) is 18.6. The number of benzene rings is 1. The fourth-order valence-corrected chi connectivity index (χ4v) is 4.21. The summed E-state index contributed by atoms with van der Waals surface area (Å²) in [5, 5.41) is 5.08. The highest BCUT2D eigenvalue weighted by Crippen LogP contribution is 2.34. The maximum Gasteiger partial charge on any atom is 0.306 e. The number of rotatable bonds is 6. The van der Waals surface area contributed by atoms with Crippen LogP contribution in [-0.4, -0.2) is 28.8 Å². The van der Waals surface area contributed by atoms with Crippen molar-refractivity contribution in [1.29, 1.82) is 0 Å². The molecule has 0 unspecified atom stereocenters. The molecule has 2 aromatic heterocycles. The second-order valence-electron chi connectivity index (χ2n) is 9.41. The summed E-state index contributed by atoms with van der Waals surface area (Å²) in [7, 11) is 1.64. The Hall–Kier alpha value is -2.83. The first-order valence-electron chi connectivity index (χ1n) is 10.9. The highest BCUT2D eigenvalue weighted by Gasteiger charge is 2.27. The van der Waals surface area contributed by atoms with Gasteiger partial charge < -0.3 is 18.4 Å². The van der Waals surface area contributed by atoms with Crippen molar-refractivity contribution in [3.05, 3.63) is 30.1 Å². The first kappa shape index (κ1) is 21.4. The fourth-order valence-electron chi connectivity index (χ4n) is 4.21. The fraction of sp³-hybridized carbons (Fsp3) is 0.542. The van der Waals surface area contributed by atoms with Gasteiger partial charge in [-0.2, -0.15) is 4.98 Å². The lowest BCUT2D eigenvalue weighted by Gasteiger charge is -2.28. The van der Waals surface area contributed by atoms with Crippen molar-refractivity contribution < 1.29 is 23.2 Å². The van der Waals surface area contributed by atoms with Crippen LogP contribution in [-0.2, 0) is 16.0 Å². The number of carbonyl (C=O) groups excluding carboxylic acids is 1. The molecule has 166 valence electrons. The van der Waals surface area contributed by atoms with Gasteiger partial charge in [-0.05, 0) is 82.6 Å². The van der Waals surface area contributed by atoms with Crippen LogP contribution in [0.5, 0.6) is 5.75 Å². The van der Waals surface area contributed by atoms with Crippen molar-refractivity contribution in [2.24, 2.45) is 11.8 Å². The molecular weight excluding hydrogens is 396 g/mol. The van der Waals surface area contributed by atoms with Crippen LogP contribution in [0.25, 0.3) is 22.6 Å². The smallest absolute Gasteiger partial charge is 0.306 e. The Kier molecular flexibility index (Phi) is 6.03. The molecule has 1 fully saturated rings. The number of esters is 1. The number of fused-ring (bicyclic) bond motifs is 1. The lowest BCUT2D eigenvalue weighted by Crippen LogP contribution is -2.26. The molecule has 0 spiro atoms. The third-order valence-corrected chi connectivity index (χ3v) is 5.72. The normalized spacial score (nSPS) is 19.5. The molecule has 1 saturated carbocycles. The third kappa shape index (κ3) is 5.46. The molecule has 0 saturated heterocycles. The van der Waals surface area contributed by atoms with Gasteiger partial charge in [0.25, 0.3) is 5.89 Å². The second-order valence-corrected chi connectivity index (χ2v) is 9.41. The molecular formula is C24H30N2O5. The lowest BCUT2D eigenvalue weighted by molar-refractivity contribution is -0.156. The number of hydrogen-bond acceptors (Lipinski definition) is 7. The Bertz CT molecular complexity index is 1040. The number of carbonyl (C=O) groups is 1. The average Bonchev–Trinajstić information content (AvgIpc) is 3.34. The van der Waals surface area contributed by atoms with Gasteiger partial charge >= 0.3 is 5.97 Å². The summed E-state index contributed by atoms with van der Waals surface area (Å²) in [6, 6.07) is 7.52. The molecule has 1 aliphatic rings. The average molecular weight is 427 g/mol. The molecule has 0 radical (unpaired) electrons. The molecule has 3 aromatic rings. The molecule has 7 nitrogen and oxygen atoms in total. The summed E-state index contributed by atoms with van der Waals surface area (Å²) in [5.41, 5.74) is 0.329. The maximum absolute atomic E-state index is 12.1. The van der Waals surface area contributed by atoms with Gasteiger partial charge in [-0.1, -0.05) is 5.16 Å². The van der Waals surface area contributed by atoms with Crippen molar-refractivity contribution in [2.75, 3.05) is 7.11 Å². The first-order chi connectivity index (χ1) is 14.8. The van der Waals surface area contributed by atoms with Crippen LogP contribution in [0.3, 0.4) is 0 Å². The highest BCUT2D eigenvalue weighted by atomic mass is 16.6. The van der Waals surface area contributed by atoms with E-state index in [0.717, 1.165) is 48.8 Å². The number of aromatic nitrogens is 2. The quantitative estimate of drug-likeness (QED) is 0.476. The van der Waals surface area contributed by atoms with Crippen LogP contribution in [0.1, 0.15) is 58.7 Å². The standard InChI is InChI=1S/C24H30N2O5/c1-24(2,3)30-22(27)12-16-7-5-15(6-8-16)11-21-25-23(31-26-21)20-14-17-13-18(28-4)9-10-19(17)29-20/h9-10,13-16H,5-8,11-12H2,1-4H3. The van der Waals surface area contributed by atoms with Crippen LogP contribution in [0.4, 0.5) is 0 Å². The summed E-state index contributed by atoms with van der Waals surface area (Å²) in [6.45, 7) is 5.72. The van der Waals surface area contributed by atoms with Crippen LogP contribution < -0.4 is 4.74 Å². The molecule has 1 aromatic carbocycles. The van der Waals surface area contributed by atoms with Crippen LogP contribution in [0, 0.1) is 11.8 Å².